The van der Waals surface area contributed by atoms with E-state index >= 15 is 0 Å². The van der Waals surface area contributed by atoms with Gasteiger partial charge in [-0.25, -0.2) is 0 Å². The molecule has 1 aliphatic rings. The fraction of sp³-hybridized carbons (Fsp3) is 0.385. The van der Waals surface area contributed by atoms with Crippen molar-refractivity contribution in [2.24, 2.45) is 5.73 Å². The first-order valence-corrected chi connectivity index (χ1v) is 5.42. The molecular weight excluding hydrogens is 202 g/mol. The topological polar surface area (TPSA) is 44.5 Å². The van der Waals surface area contributed by atoms with Gasteiger partial charge in [0.15, 0.2) is 6.29 Å². The van der Waals surface area contributed by atoms with E-state index in [1.807, 2.05) is 24.3 Å². The minimum Gasteiger partial charge on any atom is -0.346 e. The van der Waals surface area contributed by atoms with Gasteiger partial charge in [0.1, 0.15) is 0 Å². The second-order valence-electron chi connectivity index (χ2n) is 3.54. The molecule has 2 N–H and O–H groups in total. The predicted molar refractivity (Wildman–Crippen MR) is 61.6 cm³/mol. The van der Waals surface area contributed by atoms with Gasteiger partial charge in [0.05, 0.1) is 13.2 Å². The van der Waals surface area contributed by atoms with Crippen LogP contribution in [0.2, 0.25) is 0 Å². The van der Waals surface area contributed by atoms with Crippen LogP contribution in [-0.2, 0) is 9.47 Å². The van der Waals surface area contributed by atoms with E-state index in [-0.39, 0.29) is 6.29 Å². The Balaban J connectivity index is 2.02. The van der Waals surface area contributed by atoms with Crippen LogP contribution in [0.25, 0.3) is 0 Å². The molecule has 0 aliphatic carbocycles. The predicted octanol–water partition coefficient (Wildman–Crippen LogP) is 1.43. The van der Waals surface area contributed by atoms with E-state index in [1.165, 1.54) is 0 Å². The van der Waals surface area contributed by atoms with Crippen molar-refractivity contribution in [1.82, 2.24) is 0 Å². The van der Waals surface area contributed by atoms with Crippen LogP contribution in [0.3, 0.4) is 0 Å². The highest BCUT2D eigenvalue weighted by molar-refractivity contribution is 5.36. The van der Waals surface area contributed by atoms with E-state index in [2.05, 4.69) is 11.8 Å². The van der Waals surface area contributed by atoms with Crippen LogP contribution in [0.4, 0.5) is 0 Å². The molecule has 0 spiro atoms. The minimum absolute atomic E-state index is 0.203. The van der Waals surface area contributed by atoms with E-state index < -0.39 is 0 Å². The number of benzene rings is 1. The van der Waals surface area contributed by atoms with E-state index in [4.69, 9.17) is 15.2 Å². The third-order valence-corrected chi connectivity index (χ3v) is 2.31. The SMILES string of the molecule is NCCC#Cc1ccc(C2OCCO2)cc1. The maximum absolute atomic E-state index is 5.40. The van der Waals surface area contributed by atoms with Gasteiger partial charge in [-0.3, -0.25) is 0 Å². The molecule has 0 unspecified atom stereocenters. The molecule has 1 aliphatic heterocycles. The lowest BCUT2D eigenvalue weighted by atomic mass is 10.1. The normalized spacial score (nSPS) is 15.8. The van der Waals surface area contributed by atoms with E-state index in [1.54, 1.807) is 0 Å². The molecule has 1 fully saturated rings. The summed E-state index contributed by atoms with van der Waals surface area (Å²) in [6, 6.07) is 7.93. The summed E-state index contributed by atoms with van der Waals surface area (Å²) in [4.78, 5) is 0. The van der Waals surface area contributed by atoms with Crippen molar-refractivity contribution in [3.63, 3.8) is 0 Å². The Kier molecular flexibility index (Phi) is 3.95. The summed E-state index contributed by atoms with van der Waals surface area (Å²) in [5, 5.41) is 0. The fourth-order valence-electron chi connectivity index (χ4n) is 1.51. The highest BCUT2D eigenvalue weighted by Crippen LogP contribution is 2.22. The molecule has 0 saturated carbocycles. The second-order valence-corrected chi connectivity index (χ2v) is 3.54. The lowest BCUT2D eigenvalue weighted by molar-refractivity contribution is -0.0441. The maximum Gasteiger partial charge on any atom is 0.184 e. The highest BCUT2D eigenvalue weighted by atomic mass is 16.7. The quantitative estimate of drug-likeness (QED) is 0.762. The van der Waals surface area contributed by atoms with Crippen LogP contribution in [0.5, 0.6) is 0 Å². The first-order valence-electron chi connectivity index (χ1n) is 5.42. The molecule has 1 heterocycles. The standard InChI is InChI=1S/C13H15NO2/c14-8-2-1-3-11-4-6-12(7-5-11)13-15-9-10-16-13/h4-7,13H,2,8-10,14H2. The molecule has 0 aromatic heterocycles. The first kappa shape index (κ1) is 11.2. The Labute approximate surface area is 95.5 Å². The fourth-order valence-corrected chi connectivity index (χ4v) is 1.51. The summed E-state index contributed by atoms with van der Waals surface area (Å²) in [5.41, 5.74) is 7.40. The summed E-state index contributed by atoms with van der Waals surface area (Å²) >= 11 is 0. The molecule has 1 aromatic carbocycles. The molecule has 3 nitrogen and oxygen atoms in total. The summed E-state index contributed by atoms with van der Waals surface area (Å²) in [7, 11) is 0. The van der Waals surface area contributed by atoms with Crippen molar-refractivity contribution in [3.8, 4) is 11.8 Å². The Bertz CT molecular complexity index is 383. The monoisotopic (exact) mass is 217 g/mol. The highest BCUT2D eigenvalue weighted by Gasteiger charge is 2.17. The number of hydrogen-bond donors (Lipinski definition) is 1. The molecule has 0 radical (unpaired) electrons. The zero-order valence-corrected chi connectivity index (χ0v) is 9.11. The molecule has 0 bridgehead atoms. The van der Waals surface area contributed by atoms with Crippen molar-refractivity contribution >= 4 is 0 Å². The lowest BCUT2D eigenvalue weighted by Crippen LogP contribution is -1.97. The first-order chi connectivity index (χ1) is 7.90. The molecule has 84 valence electrons. The average molecular weight is 217 g/mol. The van der Waals surface area contributed by atoms with Gasteiger partial charge in [0, 0.05) is 24.1 Å². The maximum atomic E-state index is 5.40. The van der Waals surface area contributed by atoms with Gasteiger partial charge in [-0.2, -0.15) is 0 Å². The number of ether oxygens (including phenoxy) is 2. The summed E-state index contributed by atoms with van der Waals surface area (Å²) < 4.78 is 10.8. The molecule has 16 heavy (non-hydrogen) atoms. The van der Waals surface area contributed by atoms with Gasteiger partial charge in [0.25, 0.3) is 0 Å². The van der Waals surface area contributed by atoms with Gasteiger partial charge >= 0.3 is 0 Å². The zero-order chi connectivity index (χ0) is 11.2. The van der Waals surface area contributed by atoms with Gasteiger partial charge in [0.2, 0.25) is 0 Å². The van der Waals surface area contributed by atoms with Crippen molar-refractivity contribution < 1.29 is 9.47 Å². The van der Waals surface area contributed by atoms with Crippen LogP contribution in [-0.4, -0.2) is 19.8 Å². The number of rotatable bonds is 2. The molecule has 0 atom stereocenters. The molecule has 1 saturated heterocycles. The van der Waals surface area contributed by atoms with E-state index in [0.29, 0.717) is 19.8 Å². The van der Waals surface area contributed by atoms with Gasteiger partial charge < -0.3 is 15.2 Å². The Morgan fingerprint density at radius 3 is 2.50 bits per heavy atom. The second kappa shape index (κ2) is 5.66. The number of nitrogens with two attached hydrogens (primary N) is 1. The van der Waals surface area contributed by atoms with E-state index in [9.17, 15) is 0 Å². The molecule has 1 aromatic rings. The average Bonchev–Trinajstić information content (AvgIpc) is 2.84. The van der Waals surface area contributed by atoms with E-state index in [0.717, 1.165) is 17.5 Å². The largest absolute Gasteiger partial charge is 0.346 e. The Morgan fingerprint density at radius 1 is 1.19 bits per heavy atom. The lowest BCUT2D eigenvalue weighted by Gasteiger charge is -2.08. The summed E-state index contributed by atoms with van der Waals surface area (Å²) in [6.45, 7) is 1.94. The van der Waals surface area contributed by atoms with Gasteiger partial charge in [-0.05, 0) is 12.1 Å². The van der Waals surface area contributed by atoms with Gasteiger partial charge in [-0.15, -0.1) is 0 Å². The summed E-state index contributed by atoms with van der Waals surface area (Å²) in [5.74, 6) is 6.05. The molecular formula is C13H15NO2. The van der Waals surface area contributed by atoms with Crippen molar-refractivity contribution in [3.05, 3.63) is 35.4 Å². The summed E-state index contributed by atoms with van der Waals surface area (Å²) in [6.07, 6.45) is 0.530. The Hall–Kier alpha value is -1.34. The van der Waals surface area contributed by atoms with Crippen LogP contribution < -0.4 is 5.73 Å². The van der Waals surface area contributed by atoms with Crippen LogP contribution in [0.1, 0.15) is 23.8 Å². The van der Waals surface area contributed by atoms with Crippen LogP contribution in [0.15, 0.2) is 24.3 Å². The molecule has 0 amide bonds. The third kappa shape index (κ3) is 2.83. The zero-order valence-electron chi connectivity index (χ0n) is 9.11. The Morgan fingerprint density at radius 2 is 1.88 bits per heavy atom. The van der Waals surface area contributed by atoms with Crippen LogP contribution in [0, 0.1) is 11.8 Å². The third-order valence-electron chi connectivity index (χ3n) is 2.31. The van der Waals surface area contributed by atoms with Crippen molar-refractivity contribution in [1.29, 1.82) is 0 Å². The van der Waals surface area contributed by atoms with Crippen molar-refractivity contribution in [2.75, 3.05) is 19.8 Å². The molecule has 2 rings (SSSR count). The molecule has 3 heteroatoms. The van der Waals surface area contributed by atoms with Crippen molar-refractivity contribution in [2.45, 2.75) is 12.7 Å². The number of hydrogen-bond acceptors (Lipinski definition) is 3. The minimum atomic E-state index is -0.203. The van der Waals surface area contributed by atoms with Crippen LogP contribution >= 0.6 is 0 Å². The smallest absolute Gasteiger partial charge is 0.184 e. The van der Waals surface area contributed by atoms with Gasteiger partial charge in [-0.1, -0.05) is 24.0 Å².